The molecule has 20 heavy (non-hydrogen) atoms. The number of hydrogen-bond donors (Lipinski definition) is 0. The van der Waals surface area contributed by atoms with E-state index in [1.165, 1.54) is 0 Å². The lowest BCUT2D eigenvalue weighted by Gasteiger charge is -2.05. The Labute approximate surface area is 115 Å². The van der Waals surface area contributed by atoms with Crippen LogP contribution in [0.15, 0.2) is 47.4 Å². The average Bonchev–Trinajstić information content (AvgIpc) is 2.79. The number of nitrogens with zero attached hydrogens (tertiary/aromatic N) is 1. The van der Waals surface area contributed by atoms with Crippen LogP contribution in [0.5, 0.6) is 5.75 Å². The Balaban J connectivity index is 2.44. The second-order valence-electron chi connectivity index (χ2n) is 5.10. The first-order chi connectivity index (χ1) is 9.70. The van der Waals surface area contributed by atoms with Crippen molar-refractivity contribution in [3.05, 3.63) is 58.4 Å². The van der Waals surface area contributed by atoms with Crippen LogP contribution in [0.3, 0.4) is 0 Å². The molecule has 0 saturated heterocycles. The molecule has 0 aliphatic carbocycles. The Morgan fingerprint density at radius 1 is 1.05 bits per heavy atom. The zero-order valence-corrected chi connectivity index (χ0v) is 11.3. The van der Waals surface area contributed by atoms with E-state index in [9.17, 15) is 4.79 Å². The number of methoxy groups -OCH3 is 1. The second-order valence-corrected chi connectivity index (χ2v) is 5.10. The molecule has 3 nitrogen and oxygen atoms in total. The van der Waals surface area contributed by atoms with Gasteiger partial charge in [0.05, 0.1) is 23.5 Å². The van der Waals surface area contributed by atoms with Gasteiger partial charge >= 0.3 is 0 Å². The van der Waals surface area contributed by atoms with Gasteiger partial charge in [-0.3, -0.25) is 4.79 Å². The van der Waals surface area contributed by atoms with Gasteiger partial charge in [0, 0.05) is 22.5 Å². The van der Waals surface area contributed by atoms with Crippen LogP contribution in [0, 0.1) is 6.92 Å². The van der Waals surface area contributed by atoms with Crippen LogP contribution in [0.1, 0.15) is 5.56 Å². The summed E-state index contributed by atoms with van der Waals surface area (Å²) in [5.41, 5.74) is 2.91. The predicted molar refractivity (Wildman–Crippen MR) is 81.2 cm³/mol. The van der Waals surface area contributed by atoms with Crippen molar-refractivity contribution in [1.29, 1.82) is 0 Å². The number of para-hydroxylation sites is 1. The lowest BCUT2D eigenvalue weighted by Crippen LogP contribution is -2.08. The summed E-state index contributed by atoms with van der Waals surface area (Å²) in [4.78, 5) is 12.4. The Kier molecular flexibility index (Phi) is 2.11. The van der Waals surface area contributed by atoms with Crippen LogP contribution in [-0.4, -0.2) is 11.5 Å². The summed E-state index contributed by atoms with van der Waals surface area (Å²) in [6.07, 6.45) is 1.92. The van der Waals surface area contributed by atoms with Gasteiger partial charge in [0.25, 0.3) is 0 Å². The monoisotopic (exact) mass is 263 g/mol. The van der Waals surface area contributed by atoms with E-state index in [4.69, 9.17) is 4.74 Å². The van der Waals surface area contributed by atoms with E-state index in [0.29, 0.717) is 0 Å². The lowest BCUT2D eigenvalue weighted by molar-refractivity contribution is 0.416. The van der Waals surface area contributed by atoms with Crippen LogP contribution in [0.25, 0.3) is 27.2 Å². The molecule has 0 radical (unpaired) electrons. The molecular weight excluding hydrogens is 250 g/mol. The maximum Gasteiger partial charge on any atom is 0.192 e. The third-order valence-electron chi connectivity index (χ3n) is 3.94. The number of benzene rings is 2. The van der Waals surface area contributed by atoms with Crippen LogP contribution in [0.2, 0.25) is 0 Å². The molecule has 98 valence electrons. The maximum absolute atomic E-state index is 12.4. The summed E-state index contributed by atoms with van der Waals surface area (Å²) < 4.78 is 7.46. The van der Waals surface area contributed by atoms with Crippen molar-refractivity contribution >= 4 is 27.2 Å². The molecule has 4 rings (SSSR count). The molecule has 2 aromatic carbocycles. The van der Waals surface area contributed by atoms with Crippen molar-refractivity contribution in [3.8, 4) is 5.75 Å². The average molecular weight is 263 g/mol. The molecule has 3 heteroatoms. The molecule has 4 aromatic rings. The zero-order chi connectivity index (χ0) is 13.9. The largest absolute Gasteiger partial charge is 0.497 e. The quantitative estimate of drug-likeness (QED) is 0.527. The van der Waals surface area contributed by atoms with Crippen molar-refractivity contribution in [2.75, 3.05) is 7.11 Å². The van der Waals surface area contributed by atoms with Gasteiger partial charge in [0.15, 0.2) is 5.43 Å². The van der Waals surface area contributed by atoms with Crippen molar-refractivity contribution in [2.24, 2.45) is 0 Å². The van der Waals surface area contributed by atoms with Crippen LogP contribution < -0.4 is 10.2 Å². The fourth-order valence-electron chi connectivity index (χ4n) is 2.99. The van der Waals surface area contributed by atoms with Crippen molar-refractivity contribution < 1.29 is 4.74 Å². The Morgan fingerprint density at radius 2 is 1.80 bits per heavy atom. The smallest absolute Gasteiger partial charge is 0.192 e. The molecule has 0 aliphatic heterocycles. The highest BCUT2D eigenvalue weighted by Crippen LogP contribution is 2.33. The van der Waals surface area contributed by atoms with Crippen LogP contribution >= 0.6 is 0 Å². The summed E-state index contributed by atoms with van der Waals surface area (Å²) in [6, 6.07) is 12.0. The van der Waals surface area contributed by atoms with Crippen LogP contribution in [-0.2, 0) is 0 Å². The van der Waals surface area contributed by atoms with Crippen molar-refractivity contribution in [2.45, 2.75) is 6.92 Å². The molecule has 0 N–H and O–H groups in total. The van der Waals surface area contributed by atoms with Gasteiger partial charge in [-0.05, 0) is 25.1 Å². The van der Waals surface area contributed by atoms with E-state index in [1.807, 2.05) is 37.4 Å². The normalized spacial score (nSPS) is 11.7. The van der Waals surface area contributed by atoms with Gasteiger partial charge in [-0.15, -0.1) is 0 Å². The number of rotatable bonds is 1. The molecule has 0 atom stereocenters. The second kappa shape index (κ2) is 3.73. The fraction of sp³-hybridized carbons (Fsp3) is 0.118. The molecule has 0 bridgehead atoms. The summed E-state index contributed by atoms with van der Waals surface area (Å²) in [6.45, 7) is 1.85. The first kappa shape index (κ1) is 11.3. The van der Waals surface area contributed by atoms with E-state index in [0.717, 1.165) is 38.5 Å². The first-order valence-electron chi connectivity index (χ1n) is 6.54. The Morgan fingerprint density at radius 3 is 2.60 bits per heavy atom. The van der Waals surface area contributed by atoms with Gasteiger partial charge in [0.2, 0.25) is 0 Å². The lowest BCUT2D eigenvalue weighted by atomic mass is 10.1. The summed E-state index contributed by atoms with van der Waals surface area (Å²) in [5, 5.41) is 2.92. The van der Waals surface area contributed by atoms with Gasteiger partial charge in [-0.2, -0.15) is 0 Å². The van der Waals surface area contributed by atoms with Crippen LogP contribution in [0.4, 0.5) is 0 Å². The third kappa shape index (κ3) is 1.27. The van der Waals surface area contributed by atoms with Gasteiger partial charge in [-0.25, -0.2) is 0 Å². The number of fused-ring (bicyclic) bond motifs is 3. The fourth-order valence-corrected chi connectivity index (χ4v) is 2.99. The highest BCUT2D eigenvalue weighted by atomic mass is 16.5. The number of aromatic nitrogens is 1. The van der Waals surface area contributed by atoms with E-state index in [-0.39, 0.29) is 5.43 Å². The minimum atomic E-state index is 0.0733. The SMILES string of the molecule is COc1cc2c(=O)c(C)cn3c4ccccc4c(c1)c23. The molecule has 0 fully saturated rings. The topological polar surface area (TPSA) is 30.7 Å². The molecule has 2 aromatic heterocycles. The zero-order valence-electron chi connectivity index (χ0n) is 11.3. The molecule has 2 heterocycles. The van der Waals surface area contributed by atoms with E-state index >= 15 is 0 Å². The standard InChI is InChI=1S/C17H13NO2/c1-10-9-18-15-6-4-3-5-12(15)13-7-11(20-2)8-14(16(13)18)17(10)19/h3-9H,1-2H3. The molecule has 0 unspecified atom stereocenters. The molecule has 0 saturated carbocycles. The number of aryl methyl sites for hydroxylation is 1. The summed E-state index contributed by atoms with van der Waals surface area (Å²) in [7, 11) is 1.63. The van der Waals surface area contributed by atoms with Crippen molar-refractivity contribution in [3.63, 3.8) is 0 Å². The van der Waals surface area contributed by atoms with E-state index in [2.05, 4.69) is 16.5 Å². The Bertz CT molecular complexity index is 1010. The molecular formula is C17H13NO2. The van der Waals surface area contributed by atoms with Crippen molar-refractivity contribution in [1.82, 2.24) is 4.40 Å². The molecule has 0 aliphatic rings. The minimum Gasteiger partial charge on any atom is -0.497 e. The number of ether oxygens (including phenoxy) is 1. The number of pyridine rings is 1. The van der Waals surface area contributed by atoms with E-state index in [1.54, 1.807) is 7.11 Å². The highest BCUT2D eigenvalue weighted by Gasteiger charge is 2.15. The molecule has 0 amide bonds. The van der Waals surface area contributed by atoms with Gasteiger partial charge in [0.1, 0.15) is 5.75 Å². The predicted octanol–water partition coefficient (Wildman–Crippen LogP) is 3.36. The van der Waals surface area contributed by atoms with E-state index < -0.39 is 0 Å². The summed E-state index contributed by atoms with van der Waals surface area (Å²) >= 11 is 0. The van der Waals surface area contributed by atoms with Gasteiger partial charge < -0.3 is 9.14 Å². The minimum absolute atomic E-state index is 0.0733. The Hall–Kier alpha value is -2.55. The first-order valence-corrected chi connectivity index (χ1v) is 6.54. The number of hydrogen-bond acceptors (Lipinski definition) is 2. The maximum atomic E-state index is 12.4. The molecule has 0 spiro atoms. The van der Waals surface area contributed by atoms with Gasteiger partial charge in [-0.1, -0.05) is 18.2 Å². The third-order valence-corrected chi connectivity index (χ3v) is 3.94. The summed E-state index contributed by atoms with van der Waals surface area (Å²) in [5.74, 6) is 0.721. The highest BCUT2D eigenvalue weighted by molar-refractivity contribution is 6.14.